The molecule has 7 nitrogen and oxygen atoms in total. The molecule has 0 saturated carbocycles. The van der Waals surface area contributed by atoms with Crippen molar-refractivity contribution < 1.29 is 23.4 Å². The standard InChI is InChI=1S/C27H29NO6/c1-3-13-33-21-12-11-17(15-22(21)31-4-2)24-23-25(29)19-9-5-6-10-20(19)34-26(23)27(30)28(24)16-18-8-7-14-32-18/h5-6,9-12,15,18,24H,3-4,7-8,13-14,16H2,1-2H3/t18-,24-/m1/s1. The molecule has 1 fully saturated rings. The number of amides is 1. The first kappa shape index (κ1) is 22.5. The Morgan fingerprint density at radius 2 is 1.91 bits per heavy atom. The Bertz CT molecular complexity index is 1260. The molecule has 0 radical (unpaired) electrons. The number of fused-ring (bicyclic) bond motifs is 2. The number of carbonyl (C=O) groups is 1. The Labute approximate surface area is 198 Å². The molecule has 2 aliphatic heterocycles. The lowest BCUT2D eigenvalue weighted by atomic mass is 9.97. The summed E-state index contributed by atoms with van der Waals surface area (Å²) >= 11 is 0. The minimum atomic E-state index is -0.591. The number of para-hydroxylation sites is 1. The van der Waals surface area contributed by atoms with Crippen LogP contribution in [0.2, 0.25) is 0 Å². The molecule has 1 amide bonds. The van der Waals surface area contributed by atoms with Crippen LogP contribution in [0.5, 0.6) is 11.5 Å². The molecule has 0 N–H and O–H groups in total. The second-order valence-corrected chi connectivity index (χ2v) is 8.65. The number of hydrogen-bond acceptors (Lipinski definition) is 6. The molecule has 3 aromatic rings. The van der Waals surface area contributed by atoms with Crippen LogP contribution in [0.25, 0.3) is 11.0 Å². The summed E-state index contributed by atoms with van der Waals surface area (Å²) in [6.45, 7) is 6.08. The van der Waals surface area contributed by atoms with Gasteiger partial charge in [0.1, 0.15) is 5.58 Å². The molecule has 1 aromatic heterocycles. The van der Waals surface area contributed by atoms with Gasteiger partial charge in [0.05, 0.1) is 36.3 Å². The molecule has 0 aliphatic carbocycles. The number of benzene rings is 2. The average molecular weight is 464 g/mol. The first-order valence-electron chi connectivity index (χ1n) is 12.0. The Morgan fingerprint density at radius 1 is 1.06 bits per heavy atom. The summed E-state index contributed by atoms with van der Waals surface area (Å²) in [6, 6.07) is 12.1. The molecule has 2 aromatic carbocycles. The fraction of sp³-hybridized carbons (Fsp3) is 0.407. The van der Waals surface area contributed by atoms with Crippen LogP contribution in [-0.2, 0) is 4.74 Å². The summed E-state index contributed by atoms with van der Waals surface area (Å²) in [5.41, 5.74) is 1.37. The third-order valence-electron chi connectivity index (χ3n) is 6.34. The first-order chi connectivity index (χ1) is 16.6. The van der Waals surface area contributed by atoms with E-state index < -0.39 is 6.04 Å². The number of rotatable bonds is 8. The van der Waals surface area contributed by atoms with Crippen molar-refractivity contribution in [1.29, 1.82) is 0 Å². The summed E-state index contributed by atoms with van der Waals surface area (Å²) in [5.74, 6) is 1.06. The monoisotopic (exact) mass is 463 g/mol. The summed E-state index contributed by atoms with van der Waals surface area (Å²) in [5, 5.41) is 0.464. The van der Waals surface area contributed by atoms with Gasteiger partial charge in [-0.3, -0.25) is 9.59 Å². The quantitative estimate of drug-likeness (QED) is 0.482. The van der Waals surface area contributed by atoms with Crippen LogP contribution in [-0.4, -0.2) is 43.3 Å². The Morgan fingerprint density at radius 3 is 2.68 bits per heavy atom. The first-order valence-corrected chi connectivity index (χ1v) is 12.0. The molecule has 5 rings (SSSR count). The maximum absolute atomic E-state index is 13.6. The predicted octanol–water partition coefficient (Wildman–Crippen LogP) is 4.70. The van der Waals surface area contributed by atoms with Crippen LogP contribution < -0.4 is 14.9 Å². The third-order valence-corrected chi connectivity index (χ3v) is 6.34. The molecule has 2 atom stereocenters. The van der Waals surface area contributed by atoms with Crippen LogP contribution in [0.3, 0.4) is 0 Å². The van der Waals surface area contributed by atoms with Crippen LogP contribution in [0, 0.1) is 0 Å². The maximum atomic E-state index is 13.6. The van der Waals surface area contributed by atoms with E-state index in [9.17, 15) is 9.59 Å². The van der Waals surface area contributed by atoms with E-state index in [2.05, 4.69) is 0 Å². The summed E-state index contributed by atoms with van der Waals surface area (Å²) in [4.78, 5) is 28.9. The molecular formula is C27H29NO6. The van der Waals surface area contributed by atoms with Gasteiger partial charge in [0.25, 0.3) is 5.91 Å². The van der Waals surface area contributed by atoms with E-state index >= 15 is 0 Å². The van der Waals surface area contributed by atoms with E-state index in [1.807, 2.05) is 32.0 Å². The van der Waals surface area contributed by atoms with Crippen molar-refractivity contribution in [2.45, 2.75) is 45.3 Å². The number of nitrogens with zero attached hydrogens (tertiary/aromatic N) is 1. The van der Waals surface area contributed by atoms with Gasteiger partial charge in [0, 0.05) is 13.2 Å². The summed E-state index contributed by atoms with van der Waals surface area (Å²) < 4.78 is 23.6. The zero-order valence-electron chi connectivity index (χ0n) is 19.5. The molecule has 2 aliphatic rings. The van der Waals surface area contributed by atoms with Crippen molar-refractivity contribution >= 4 is 16.9 Å². The van der Waals surface area contributed by atoms with Crippen LogP contribution in [0.1, 0.15) is 60.8 Å². The molecular weight excluding hydrogens is 434 g/mol. The van der Waals surface area contributed by atoms with Crippen LogP contribution in [0.4, 0.5) is 0 Å². The average Bonchev–Trinajstić information content (AvgIpc) is 3.46. The normalized spacial score (nSPS) is 19.6. The van der Waals surface area contributed by atoms with Gasteiger partial charge in [0.2, 0.25) is 5.76 Å². The second-order valence-electron chi connectivity index (χ2n) is 8.65. The lowest BCUT2D eigenvalue weighted by Crippen LogP contribution is -2.36. The molecule has 0 spiro atoms. The molecule has 3 heterocycles. The highest BCUT2D eigenvalue weighted by Crippen LogP contribution is 2.41. The predicted molar refractivity (Wildman–Crippen MR) is 128 cm³/mol. The minimum absolute atomic E-state index is 0.0659. The van der Waals surface area contributed by atoms with E-state index in [1.54, 1.807) is 29.2 Å². The van der Waals surface area contributed by atoms with E-state index in [1.165, 1.54) is 0 Å². The molecule has 0 bridgehead atoms. The highest BCUT2D eigenvalue weighted by atomic mass is 16.5. The van der Waals surface area contributed by atoms with E-state index in [4.69, 9.17) is 18.6 Å². The van der Waals surface area contributed by atoms with E-state index in [-0.39, 0.29) is 23.2 Å². The smallest absolute Gasteiger partial charge is 0.291 e. The minimum Gasteiger partial charge on any atom is -0.490 e. The van der Waals surface area contributed by atoms with Gasteiger partial charge in [-0.05, 0) is 56.0 Å². The van der Waals surface area contributed by atoms with Crippen molar-refractivity contribution in [3.05, 3.63) is 69.6 Å². The van der Waals surface area contributed by atoms with Gasteiger partial charge in [-0.2, -0.15) is 0 Å². The fourth-order valence-corrected chi connectivity index (χ4v) is 4.80. The van der Waals surface area contributed by atoms with Gasteiger partial charge in [0.15, 0.2) is 16.9 Å². The topological polar surface area (TPSA) is 78.2 Å². The van der Waals surface area contributed by atoms with Crippen LogP contribution >= 0.6 is 0 Å². The summed E-state index contributed by atoms with van der Waals surface area (Å²) in [7, 11) is 0. The third kappa shape index (κ3) is 3.94. The lowest BCUT2D eigenvalue weighted by Gasteiger charge is -2.28. The molecule has 34 heavy (non-hydrogen) atoms. The van der Waals surface area contributed by atoms with Gasteiger partial charge >= 0.3 is 0 Å². The molecule has 7 heteroatoms. The zero-order valence-corrected chi connectivity index (χ0v) is 19.5. The van der Waals surface area contributed by atoms with Crippen molar-refractivity contribution in [2.75, 3.05) is 26.4 Å². The van der Waals surface area contributed by atoms with E-state index in [0.717, 1.165) is 24.8 Å². The second kappa shape index (κ2) is 9.50. The lowest BCUT2D eigenvalue weighted by molar-refractivity contribution is 0.0486. The highest BCUT2D eigenvalue weighted by molar-refractivity contribution is 5.99. The maximum Gasteiger partial charge on any atom is 0.291 e. The molecule has 178 valence electrons. The fourth-order valence-electron chi connectivity index (χ4n) is 4.80. The van der Waals surface area contributed by atoms with Gasteiger partial charge in [-0.15, -0.1) is 0 Å². The van der Waals surface area contributed by atoms with E-state index in [0.29, 0.717) is 54.4 Å². The largest absolute Gasteiger partial charge is 0.490 e. The Kier molecular flexibility index (Phi) is 6.28. The van der Waals surface area contributed by atoms with Crippen molar-refractivity contribution in [1.82, 2.24) is 4.90 Å². The summed E-state index contributed by atoms with van der Waals surface area (Å²) in [6.07, 6.45) is 2.65. The molecule has 1 saturated heterocycles. The van der Waals surface area contributed by atoms with Crippen molar-refractivity contribution in [3.63, 3.8) is 0 Å². The zero-order chi connectivity index (χ0) is 23.7. The van der Waals surface area contributed by atoms with Gasteiger partial charge in [-0.1, -0.05) is 25.1 Å². The Hall–Kier alpha value is -3.32. The van der Waals surface area contributed by atoms with Crippen LogP contribution in [0.15, 0.2) is 51.7 Å². The number of ether oxygens (including phenoxy) is 3. The number of carbonyl (C=O) groups excluding carboxylic acids is 1. The SMILES string of the molecule is CCCOc1ccc([C@@H]2c3c(oc4ccccc4c3=O)C(=O)N2C[C@H]2CCCO2)cc1OCC. The van der Waals surface area contributed by atoms with Gasteiger partial charge in [-0.25, -0.2) is 0 Å². The van der Waals surface area contributed by atoms with Crippen molar-refractivity contribution in [3.8, 4) is 11.5 Å². The highest BCUT2D eigenvalue weighted by Gasteiger charge is 2.44. The molecule has 0 unspecified atom stereocenters. The number of hydrogen-bond donors (Lipinski definition) is 0. The van der Waals surface area contributed by atoms with Gasteiger partial charge < -0.3 is 23.5 Å². The Balaban J connectivity index is 1.65. The van der Waals surface area contributed by atoms with Crippen molar-refractivity contribution in [2.24, 2.45) is 0 Å².